The summed E-state index contributed by atoms with van der Waals surface area (Å²) in [7, 11) is 1.89. The monoisotopic (exact) mass is 318 g/mol. The van der Waals surface area contributed by atoms with E-state index in [1.807, 2.05) is 13.1 Å². The lowest BCUT2D eigenvalue weighted by atomic mass is 10.1. The number of carbonyl (C=O) groups excluding carboxylic acids is 1. The SMILES string of the molecule is CNCC(C)CNC(=O)c1cccc(Br)c1Cl. The second-order valence-electron chi connectivity index (χ2n) is 3.97. The van der Waals surface area contributed by atoms with Crippen molar-refractivity contribution in [3.05, 3.63) is 33.3 Å². The van der Waals surface area contributed by atoms with Crippen molar-refractivity contribution in [1.29, 1.82) is 0 Å². The summed E-state index contributed by atoms with van der Waals surface area (Å²) in [5, 5.41) is 6.38. The number of rotatable bonds is 5. The van der Waals surface area contributed by atoms with E-state index in [9.17, 15) is 4.79 Å². The van der Waals surface area contributed by atoms with Crippen molar-refractivity contribution in [2.24, 2.45) is 5.92 Å². The Bertz CT molecular complexity index is 398. The number of halogens is 2. The summed E-state index contributed by atoms with van der Waals surface area (Å²) in [5.41, 5.74) is 0.498. The Morgan fingerprint density at radius 2 is 2.18 bits per heavy atom. The van der Waals surface area contributed by atoms with Gasteiger partial charge in [-0.2, -0.15) is 0 Å². The maximum atomic E-state index is 11.9. The van der Waals surface area contributed by atoms with E-state index in [0.29, 0.717) is 23.0 Å². The van der Waals surface area contributed by atoms with E-state index in [2.05, 4.69) is 33.5 Å². The first kappa shape index (κ1) is 14.5. The van der Waals surface area contributed by atoms with Crippen molar-refractivity contribution in [3.8, 4) is 0 Å². The van der Waals surface area contributed by atoms with E-state index in [0.717, 1.165) is 11.0 Å². The zero-order valence-corrected chi connectivity index (χ0v) is 12.2. The molecule has 1 aromatic carbocycles. The highest BCUT2D eigenvalue weighted by atomic mass is 79.9. The fourth-order valence-electron chi connectivity index (χ4n) is 1.46. The van der Waals surface area contributed by atoms with Crippen molar-refractivity contribution in [2.45, 2.75) is 6.92 Å². The molecule has 17 heavy (non-hydrogen) atoms. The molecule has 0 spiro atoms. The van der Waals surface area contributed by atoms with E-state index in [4.69, 9.17) is 11.6 Å². The van der Waals surface area contributed by atoms with Crippen LogP contribution >= 0.6 is 27.5 Å². The summed E-state index contributed by atoms with van der Waals surface area (Å²) < 4.78 is 0.732. The van der Waals surface area contributed by atoms with Gasteiger partial charge in [-0.1, -0.05) is 24.6 Å². The van der Waals surface area contributed by atoms with Crippen LogP contribution in [-0.4, -0.2) is 26.0 Å². The molecule has 0 aromatic heterocycles. The van der Waals surface area contributed by atoms with Crippen LogP contribution in [0.25, 0.3) is 0 Å². The molecule has 0 radical (unpaired) electrons. The Labute approximate surface area is 115 Å². The maximum absolute atomic E-state index is 11.9. The molecule has 2 N–H and O–H groups in total. The topological polar surface area (TPSA) is 41.1 Å². The average Bonchev–Trinajstić information content (AvgIpc) is 2.30. The quantitative estimate of drug-likeness (QED) is 0.876. The second kappa shape index (κ2) is 6.99. The third-order valence-electron chi connectivity index (χ3n) is 2.36. The lowest BCUT2D eigenvalue weighted by Crippen LogP contribution is -2.32. The highest BCUT2D eigenvalue weighted by Gasteiger charge is 2.12. The normalized spacial score (nSPS) is 12.2. The number of carbonyl (C=O) groups is 1. The molecule has 0 bridgehead atoms. The van der Waals surface area contributed by atoms with Crippen molar-refractivity contribution in [1.82, 2.24) is 10.6 Å². The van der Waals surface area contributed by atoms with Crippen molar-refractivity contribution in [3.63, 3.8) is 0 Å². The predicted molar refractivity (Wildman–Crippen MR) is 74.6 cm³/mol. The van der Waals surface area contributed by atoms with Gasteiger partial charge in [0.05, 0.1) is 10.6 Å². The Morgan fingerprint density at radius 1 is 1.47 bits per heavy atom. The average molecular weight is 320 g/mol. The fourth-order valence-corrected chi connectivity index (χ4v) is 2.04. The molecule has 0 aliphatic heterocycles. The van der Waals surface area contributed by atoms with Gasteiger partial charge in [0.15, 0.2) is 0 Å². The Kier molecular flexibility index (Phi) is 5.95. The summed E-state index contributed by atoms with van der Waals surface area (Å²) in [4.78, 5) is 11.9. The highest BCUT2D eigenvalue weighted by molar-refractivity contribution is 9.10. The van der Waals surface area contributed by atoms with Crippen LogP contribution in [0.3, 0.4) is 0 Å². The summed E-state index contributed by atoms with van der Waals surface area (Å²) in [6.45, 7) is 3.56. The molecule has 1 atom stereocenters. The summed E-state index contributed by atoms with van der Waals surface area (Å²) in [6, 6.07) is 5.32. The molecular formula is C12H16BrClN2O. The van der Waals surface area contributed by atoms with Crippen molar-refractivity contribution in [2.75, 3.05) is 20.1 Å². The summed E-state index contributed by atoms with van der Waals surface area (Å²) >= 11 is 9.34. The maximum Gasteiger partial charge on any atom is 0.252 e. The largest absolute Gasteiger partial charge is 0.352 e. The minimum Gasteiger partial charge on any atom is -0.352 e. The van der Waals surface area contributed by atoms with Gasteiger partial charge in [-0.15, -0.1) is 0 Å². The molecule has 0 heterocycles. The van der Waals surface area contributed by atoms with Gasteiger partial charge in [0.1, 0.15) is 0 Å². The lowest BCUT2D eigenvalue weighted by molar-refractivity contribution is 0.0948. The molecule has 0 saturated heterocycles. The van der Waals surface area contributed by atoms with Gasteiger partial charge in [-0.05, 0) is 47.6 Å². The molecule has 1 rings (SSSR count). The molecule has 1 amide bonds. The first-order valence-corrected chi connectivity index (χ1v) is 6.60. The van der Waals surface area contributed by atoms with E-state index in [1.165, 1.54) is 0 Å². The second-order valence-corrected chi connectivity index (χ2v) is 5.21. The zero-order valence-electron chi connectivity index (χ0n) is 9.89. The van der Waals surface area contributed by atoms with E-state index >= 15 is 0 Å². The number of amides is 1. The molecule has 94 valence electrons. The van der Waals surface area contributed by atoms with Crippen LogP contribution in [0.2, 0.25) is 5.02 Å². The molecule has 1 aromatic rings. The van der Waals surface area contributed by atoms with Gasteiger partial charge in [0, 0.05) is 11.0 Å². The van der Waals surface area contributed by atoms with Crippen LogP contribution in [0.4, 0.5) is 0 Å². The van der Waals surface area contributed by atoms with Gasteiger partial charge in [0.25, 0.3) is 5.91 Å². The lowest BCUT2D eigenvalue weighted by Gasteiger charge is -2.12. The molecule has 5 heteroatoms. The van der Waals surface area contributed by atoms with Crippen LogP contribution in [0, 0.1) is 5.92 Å². The van der Waals surface area contributed by atoms with Crippen molar-refractivity contribution >= 4 is 33.4 Å². The Balaban J connectivity index is 2.61. The number of hydrogen-bond acceptors (Lipinski definition) is 2. The Morgan fingerprint density at radius 3 is 2.82 bits per heavy atom. The smallest absolute Gasteiger partial charge is 0.252 e. The number of nitrogens with one attached hydrogen (secondary N) is 2. The fraction of sp³-hybridized carbons (Fsp3) is 0.417. The van der Waals surface area contributed by atoms with Crippen LogP contribution in [0.5, 0.6) is 0 Å². The number of benzene rings is 1. The minimum absolute atomic E-state index is 0.140. The molecular weight excluding hydrogens is 304 g/mol. The third-order valence-corrected chi connectivity index (χ3v) is 3.66. The van der Waals surface area contributed by atoms with Crippen LogP contribution in [0.15, 0.2) is 22.7 Å². The van der Waals surface area contributed by atoms with Gasteiger partial charge in [-0.3, -0.25) is 4.79 Å². The molecule has 3 nitrogen and oxygen atoms in total. The van der Waals surface area contributed by atoms with E-state index in [1.54, 1.807) is 12.1 Å². The van der Waals surface area contributed by atoms with Crippen molar-refractivity contribution < 1.29 is 4.79 Å². The highest BCUT2D eigenvalue weighted by Crippen LogP contribution is 2.25. The number of hydrogen-bond donors (Lipinski definition) is 2. The van der Waals surface area contributed by atoms with Gasteiger partial charge in [-0.25, -0.2) is 0 Å². The standard InChI is InChI=1S/C12H16BrClN2O/c1-8(6-15-2)7-16-12(17)9-4-3-5-10(13)11(9)14/h3-5,8,15H,6-7H2,1-2H3,(H,16,17). The van der Waals surface area contributed by atoms with E-state index in [-0.39, 0.29) is 5.91 Å². The summed E-state index contributed by atoms with van der Waals surface area (Å²) in [6.07, 6.45) is 0. The van der Waals surface area contributed by atoms with Gasteiger partial charge in [0.2, 0.25) is 0 Å². The first-order chi connectivity index (χ1) is 8.06. The van der Waals surface area contributed by atoms with Gasteiger partial charge >= 0.3 is 0 Å². The van der Waals surface area contributed by atoms with Crippen LogP contribution in [-0.2, 0) is 0 Å². The molecule has 1 unspecified atom stereocenters. The molecule has 0 fully saturated rings. The predicted octanol–water partition coefficient (Wildman–Crippen LogP) is 2.69. The minimum atomic E-state index is -0.140. The molecule has 0 aliphatic carbocycles. The first-order valence-electron chi connectivity index (χ1n) is 5.43. The van der Waals surface area contributed by atoms with Crippen LogP contribution < -0.4 is 10.6 Å². The summed E-state index contributed by atoms with van der Waals surface area (Å²) in [5.74, 6) is 0.245. The van der Waals surface area contributed by atoms with E-state index < -0.39 is 0 Å². The van der Waals surface area contributed by atoms with Crippen LogP contribution in [0.1, 0.15) is 17.3 Å². The Hall–Kier alpha value is -0.580. The molecule has 0 aliphatic rings. The molecule has 0 saturated carbocycles. The van der Waals surface area contributed by atoms with Gasteiger partial charge < -0.3 is 10.6 Å². The third kappa shape index (κ3) is 4.30. The zero-order chi connectivity index (χ0) is 12.8.